The van der Waals surface area contributed by atoms with Gasteiger partial charge in [0.25, 0.3) is 0 Å². The van der Waals surface area contributed by atoms with Gasteiger partial charge < -0.3 is 4.74 Å². The van der Waals surface area contributed by atoms with E-state index in [9.17, 15) is 9.18 Å². The lowest BCUT2D eigenvalue weighted by Gasteiger charge is -1.92. The van der Waals surface area contributed by atoms with Gasteiger partial charge in [-0.3, -0.25) is 0 Å². The summed E-state index contributed by atoms with van der Waals surface area (Å²) in [6.07, 6.45) is 0. The number of hydrogen-bond acceptors (Lipinski definition) is 2. The quantitative estimate of drug-likeness (QED) is 0.690. The van der Waals surface area contributed by atoms with Crippen LogP contribution in [0.25, 0.3) is 10.8 Å². The molecule has 2 aromatic rings. The van der Waals surface area contributed by atoms with E-state index in [4.69, 9.17) is 0 Å². The standard InChI is InChI=1S/C10H8.C3H5FO2/c1-2-6-10-8-4-3-7-9(10)5-1;1-6-3(5)2-4/h1-8H;2H2,1H3. The molecule has 0 unspecified atom stereocenters. The molecule has 0 aliphatic carbocycles. The van der Waals surface area contributed by atoms with Crippen molar-refractivity contribution in [2.45, 2.75) is 0 Å². The van der Waals surface area contributed by atoms with E-state index in [1.54, 1.807) is 0 Å². The molecule has 0 amide bonds. The minimum absolute atomic E-state index is 0.824. The minimum atomic E-state index is -1.03. The summed E-state index contributed by atoms with van der Waals surface area (Å²) in [4.78, 5) is 9.58. The highest BCUT2D eigenvalue weighted by atomic mass is 19.1. The highest BCUT2D eigenvalue weighted by Gasteiger charge is 1.91. The van der Waals surface area contributed by atoms with Gasteiger partial charge in [-0.05, 0) is 10.8 Å². The van der Waals surface area contributed by atoms with Crippen LogP contribution in [-0.2, 0) is 9.53 Å². The number of alkyl halides is 1. The Labute approximate surface area is 93.7 Å². The second-order valence-corrected chi connectivity index (χ2v) is 3.06. The maximum Gasteiger partial charge on any atom is 0.337 e. The second kappa shape index (κ2) is 6.56. The number of rotatable bonds is 1. The van der Waals surface area contributed by atoms with Crippen LogP contribution >= 0.6 is 0 Å². The first-order chi connectivity index (χ1) is 7.77. The predicted molar refractivity (Wildman–Crippen MR) is 61.9 cm³/mol. The van der Waals surface area contributed by atoms with Crippen LogP contribution in [0.2, 0.25) is 0 Å². The third kappa shape index (κ3) is 3.69. The van der Waals surface area contributed by atoms with Crippen molar-refractivity contribution in [3.8, 4) is 0 Å². The lowest BCUT2D eigenvalue weighted by molar-refractivity contribution is -0.141. The maximum atomic E-state index is 10.9. The van der Waals surface area contributed by atoms with Crippen molar-refractivity contribution in [2.24, 2.45) is 0 Å². The summed E-state index contributed by atoms with van der Waals surface area (Å²) in [6.45, 7) is -1.03. The van der Waals surface area contributed by atoms with Gasteiger partial charge in [-0.1, -0.05) is 48.5 Å². The average Bonchev–Trinajstić information content (AvgIpc) is 2.38. The van der Waals surface area contributed by atoms with E-state index < -0.39 is 12.6 Å². The van der Waals surface area contributed by atoms with Crippen LogP contribution in [0.5, 0.6) is 0 Å². The Kier molecular flexibility index (Phi) is 4.99. The van der Waals surface area contributed by atoms with E-state index in [0.717, 1.165) is 7.11 Å². The Morgan fingerprint density at radius 2 is 1.44 bits per heavy atom. The van der Waals surface area contributed by atoms with Gasteiger partial charge in [0.05, 0.1) is 7.11 Å². The van der Waals surface area contributed by atoms with E-state index in [1.165, 1.54) is 10.8 Å². The largest absolute Gasteiger partial charge is 0.467 e. The lowest BCUT2D eigenvalue weighted by atomic mass is 10.1. The molecule has 0 saturated heterocycles. The van der Waals surface area contributed by atoms with E-state index >= 15 is 0 Å². The Hall–Kier alpha value is -1.90. The molecule has 0 fully saturated rings. The number of carbonyl (C=O) groups excluding carboxylic acids is 1. The predicted octanol–water partition coefficient (Wildman–Crippen LogP) is 2.97. The fraction of sp³-hybridized carbons (Fsp3) is 0.154. The summed E-state index contributed by atoms with van der Waals surface area (Å²) in [5, 5.41) is 2.62. The van der Waals surface area contributed by atoms with Crippen LogP contribution in [0.3, 0.4) is 0 Å². The molecule has 0 bridgehead atoms. The lowest BCUT2D eigenvalue weighted by Crippen LogP contribution is -2.00. The summed E-state index contributed by atoms with van der Waals surface area (Å²) in [5.41, 5.74) is 0. The molecule has 0 atom stereocenters. The SMILES string of the molecule is COC(=O)CF.c1ccc2ccccc2c1. The Morgan fingerprint density at radius 3 is 1.62 bits per heavy atom. The van der Waals surface area contributed by atoms with E-state index in [1.807, 2.05) is 0 Å². The third-order valence-corrected chi connectivity index (χ3v) is 2.00. The van der Waals surface area contributed by atoms with Crippen LogP contribution in [0, 0.1) is 0 Å². The first-order valence-corrected chi connectivity index (χ1v) is 4.84. The van der Waals surface area contributed by atoms with Crippen molar-refractivity contribution >= 4 is 16.7 Å². The van der Waals surface area contributed by atoms with Crippen molar-refractivity contribution < 1.29 is 13.9 Å². The number of methoxy groups -OCH3 is 1. The molecule has 84 valence electrons. The number of ether oxygens (including phenoxy) is 1. The Morgan fingerprint density at radius 1 is 1.06 bits per heavy atom. The maximum absolute atomic E-state index is 10.9. The summed E-state index contributed by atoms with van der Waals surface area (Å²) in [5.74, 6) is -0.824. The number of esters is 1. The third-order valence-electron chi connectivity index (χ3n) is 2.00. The number of hydrogen-bond donors (Lipinski definition) is 0. The van der Waals surface area contributed by atoms with E-state index in [2.05, 4.69) is 53.3 Å². The smallest absolute Gasteiger partial charge is 0.337 e. The van der Waals surface area contributed by atoms with Gasteiger partial charge >= 0.3 is 5.97 Å². The fourth-order valence-corrected chi connectivity index (χ4v) is 1.19. The van der Waals surface area contributed by atoms with Crippen LogP contribution in [0.15, 0.2) is 48.5 Å². The van der Waals surface area contributed by atoms with Crippen LogP contribution in [-0.4, -0.2) is 19.8 Å². The molecule has 16 heavy (non-hydrogen) atoms. The van der Waals surface area contributed by atoms with Gasteiger partial charge in [-0.2, -0.15) is 0 Å². The zero-order valence-corrected chi connectivity index (χ0v) is 9.02. The normalized spacial score (nSPS) is 9.12. The van der Waals surface area contributed by atoms with Crippen molar-refractivity contribution in [1.82, 2.24) is 0 Å². The molecule has 0 radical (unpaired) electrons. The van der Waals surface area contributed by atoms with Crippen molar-refractivity contribution in [3.05, 3.63) is 48.5 Å². The summed E-state index contributed by atoms with van der Waals surface area (Å²) >= 11 is 0. The molecule has 0 saturated carbocycles. The Balaban J connectivity index is 0.000000187. The van der Waals surface area contributed by atoms with Gasteiger partial charge in [-0.15, -0.1) is 0 Å². The van der Waals surface area contributed by atoms with Crippen molar-refractivity contribution in [1.29, 1.82) is 0 Å². The van der Waals surface area contributed by atoms with E-state index in [0.29, 0.717) is 0 Å². The van der Waals surface area contributed by atoms with Crippen molar-refractivity contribution in [2.75, 3.05) is 13.8 Å². The molecular formula is C13H13FO2. The highest BCUT2D eigenvalue weighted by molar-refractivity contribution is 5.82. The number of benzene rings is 2. The second-order valence-electron chi connectivity index (χ2n) is 3.06. The van der Waals surface area contributed by atoms with Gasteiger partial charge in [0, 0.05) is 0 Å². The molecule has 3 heteroatoms. The first-order valence-electron chi connectivity index (χ1n) is 4.84. The first kappa shape index (κ1) is 12.2. The van der Waals surface area contributed by atoms with Crippen LogP contribution in [0.4, 0.5) is 4.39 Å². The highest BCUT2D eigenvalue weighted by Crippen LogP contribution is 2.11. The van der Waals surface area contributed by atoms with Gasteiger partial charge in [0.2, 0.25) is 0 Å². The molecule has 2 aromatic carbocycles. The van der Waals surface area contributed by atoms with Crippen molar-refractivity contribution in [3.63, 3.8) is 0 Å². The summed E-state index contributed by atoms with van der Waals surface area (Å²) in [6, 6.07) is 16.7. The minimum Gasteiger partial charge on any atom is -0.467 e. The zero-order valence-electron chi connectivity index (χ0n) is 9.02. The molecule has 0 aromatic heterocycles. The fourth-order valence-electron chi connectivity index (χ4n) is 1.19. The number of halogens is 1. The van der Waals surface area contributed by atoms with Gasteiger partial charge in [0.15, 0.2) is 6.67 Å². The molecule has 0 aliphatic heterocycles. The zero-order chi connectivity index (χ0) is 11.8. The molecule has 0 aliphatic rings. The number of fused-ring (bicyclic) bond motifs is 1. The molecule has 0 spiro atoms. The average molecular weight is 220 g/mol. The molecule has 0 heterocycles. The van der Waals surface area contributed by atoms with Gasteiger partial charge in [0.1, 0.15) is 0 Å². The number of carbonyl (C=O) groups is 1. The summed E-state index contributed by atoms with van der Waals surface area (Å²) < 4.78 is 14.8. The molecule has 2 nitrogen and oxygen atoms in total. The van der Waals surface area contributed by atoms with E-state index in [-0.39, 0.29) is 0 Å². The Bertz CT molecular complexity index is 383. The molecule has 2 rings (SSSR count). The topological polar surface area (TPSA) is 26.3 Å². The molecular weight excluding hydrogens is 207 g/mol. The molecule has 0 N–H and O–H groups in total. The van der Waals surface area contributed by atoms with Gasteiger partial charge in [-0.25, -0.2) is 9.18 Å². The van der Waals surface area contributed by atoms with Crippen LogP contribution in [0.1, 0.15) is 0 Å². The summed E-state index contributed by atoms with van der Waals surface area (Å²) in [7, 11) is 1.14. The van der Waals surface area contributed by atoms with Crippen LogP contribution < -0.4 is 0 Å². The monoisotopic (exact) mass is 220 g/mol.